The molecule has 0 saturated heterocycles. The second kappa shape index (κ2) is 11.0. The van der Waals surface area contributed by atoms with Gasteiger partial charge >= 0.3 is 12.3 Å². The first-order chi connectivity index (χ1) is 17.4. The van der Waals surface area contributed by atoms with Gasteiger partial charge in [0.1, 0.15) is 5.60 Å². The Labute approximate surface area is 217 Å². The summed E-state index contributed by atoms with van der Waals surface area (Å²) < 4.78 is 72.7. The van der Waals surface area contributed by atoms with Crippen LogP contribution in [0.3, 0.4) is 0 Å². The van der Waals surface area contributed by atoms with Crippen LogP contribution in [0, 0.1) is 11.8 Å². The third-order valence-electron chi connectivity index (χ3n) is 6.51. The minimum absolute atomic E-state index is 0.180. The summed E-state index contributed by atoms with van der Waals surface area (Å²) >= 11 is 0. The lowest BCUT2D eigenvalue weighted by molar-refractivity contribution is -0.174. The highest BCUT2D eigenvalue weighted by Crippen LogP contribution is 2.41. The van der Waals surface area contributed by atoms with E-state index in [2.05, 4.69) is 20.7 Å². The molecule has 1 aliphatic rings. The second-order valence-electron chi connectivity index (χ2n) is 11.0. The number of carbonyl (C=O) groups is 2. The Balaban J connectivity index is 1.80. The topological polar surface area (TPSA) is 97.6 Å². The number of fused-ring (bicyclic) bond motifs is 1. The third kappa shape index (κ3) is 8.00. The standard InChI is InChI=1S/C25H34F5N5O3/c1-14(25(28,29)30)10-20(36)32-15(2)17-11-19-33-18(13-35(19)31-12-17)21(34-22(37)38-23(3,4)5)16-6-8-24(26,27)9-7-16/h11-16,21H,6-10H2,1-5H3,(H,32,36)(H,34,37)/t14?,15-,21?/m1/s1. The highest BCUT2D eigenvalue weighted by molar-refractivity contribution is 5.76. The first kappa shape index (κ1) is 29.6. The van der Waals surface area contributed by atoms with Crippen LogP contribution in [0.4, 0.5) is 26.7 Å². The molecule has 38 heavy (non-hydrogen) atoms. The molecule has 1 aliphatic carbocycles. The molecule has 3 rings (SSSR count). The molecule has 212 valence electrons. The van der Waals surface area contributed by atoms with Gasteiger partial charge in [-0.1, -0.05) is 6.92 Å². The molecule has 13 heteroatoms. The number of imidazole rings is 1. The van der Waals surface area contributed by atoms with Gasteiger partial charge in [0.15, 0.2) is 5.65 Å². The van der Waals surface area contributed by atoms with Crippen molar-refractivity contribution in [3.8, 4) is 0 Å². The Morgan fingerprint density at radius 3 is 2.37 bits per heavy atom. The summed E-state index contributed by atoms with van der Waals surface area (Å²) in [5, 5.41) is 9.60. The molecule has 0 radical (unpaired) electrons. The van der Waals surface area contributed by atoms with Crippen molar-refractivity contribution in [2.75, 3.05) is 0 Å². The second-order valence-corrected chi connectivity index (χ2v) is 11.0. The lowest BCUT2D eigenvalue weighted by Crippen LogP contribution is -2.40. The summed E-state index contributed by atoms with van der Waals surface area (Å²) in [6.07, 6.45) is -3.07. The molecule has 2 heterocycles. The number of alkyl halides is 5. The molecular weight excluding hydrogens is 513 g/mol. The zero-order valence-corrected chi connectivity index (χ0v) is 22.0. The number of nitrogens with zero attached hydrogens (tertiary/aromatic N) is 3. The molecule has 0 spiro atoms. The summed E-state index contributed by atoms with van der Waals surface area (Å²) in [7, 11) is 0. The number of carbonyl (C=O) groups excluding carboxylic acids is 2. The minimum Gasteiger partial charge on any atom is -0.444 e. The van der Waals surface area contributed by atoms with Gasteiger partial charge in [0.05, 0.1) is 36.1 Å². The van der Waals surface area contributed by atoms with E-state index < -0.39 is 54.1 Å². The SMILES string of the molecule is CC(CC(=O)N[C@H](C)c1cnn2cc(C(NC(=O)OC(C)(C)C)C3CCC(F)(F)CC3)nc2c1)C(F)(F)F. The molecule has 1 fully saturated rings. The van der Waals surface area contributed by atoms with Crippen LogP contribution in [-0.4, -0.2) is 44.3 Å². The maximum atomic E-state index is 13.8. The van der Waals surface area contributed by atoms with Gasteiger partial charge < -0.3 is 15.4 Å². The van der Waals surface area contributed by atoms with E-state index in [4.69, 9.17) is 4.74 Å². The van der Waals surface area contributed by atoms with E-state index in [0.29, 0.717) is 16.9 Å². The molecule has 2 amide bonds. The molecule has 1 saturated carbocycles. The molecular formula is C25H34F5N5O3. The van der Waals surface area contributed by atoms with Crippen LogP contribution in [0.15, 0.2) is 18.5 Å². The van der Waals surface area contributed by atoms with Gasteiger partial charge in [-0.3, -0.25) is 4.79 Å². The van der Waals surface area contributed by atoms with E-state index in [0.717, 1.165) is 6.92 Å². The molecule has 0 bridgehead atoms. The van der Waals surface area contributed by atoms with Crippen LogP contribution in [0.5, 0.6) is 0 Å². The molecule has 2 aromatic heterocycles. The zero-order chi connectivity index (χ0) is 28.5. The summed E-state index contributed by atoms with van der Waals surface area (Å²) in [5.41, 5.74) is 0.518. The molecule has 3 atom stereocenters. The van der Waals surface area contributed by atoms with Crippen molar-refractivity contribution in [1.82, 2.24) is 25.2 Å². The van der Waals surface area contributed by atoms with Crippen molar-refractivity contribution in [3.05, 3.63) is 29.7 Å². The Morgan fingerprint density at radius 1 is 1.16 bits per heavy atom. The van der Waals surface area contributed by atoms with Gasteiger partial charge in [0.2, 0.25) is 11.8 Å². The monoisotopic (exact) mass is 547 g/mol. The van der Waals surface area contributed by atoms with Gasteiger partial charge in [-0.15, -0.1) is 0 Å². The van der Waals surface area contributed by atoms with E-state index in [-0.39, 0.29) is 31.6 Å². The summed E-state index contributed by atoms with van der Waals surface area (Å²) in [6.45, 7) is 7.69. The van der Waals surface area contributed by atoms with Gasteiger partial charge in [-0.2, -0.15) is 18.3 Å². The van der Waals surface area contributed by atoms with E-state index in [1.54, 1.807) is 40.0 Å². The lowest BCUT2D eigenvalue weighted by atomic mass is 9.81. The van der Waals surface area contributed by atoms with E-state index >= 15 is 0 Å². The van der Waals surface area contributed by atoms with E-state index in [1.807, 2.05) is 0 Å². The largest absolute Gasteiger partial charge is 0.444 e. The highest BCUT2D eigenvalue weighted by Gasteiger charge is 2.40. The third-order valence-corrected chi connectivity index (χ3v) is 6.51. The predicted octanol–water partition coefficient (Wildman–Crippen LogP) is 5.89. The Hall–Kier alpha value is -2.99. The Bertz CT molecular complexity index is 1130. The first-order valence-corrected chi connectivity index (χ1v) is 12.5. The maximum absolute atomic E-state index is 13.8. The maximum Gasteiger partial charge on any atom is 0.408 e. The molecule has 8 nitrogen and oxygen atoms in total. The van der Waals surface area contributed by atoms with Crippen LogP contribution < -0.4 is 10.6 Å². The van der Waals surface area contributed by atoms with Crippen molar-refractivity contribution >= 4 is 17.6 Å². The number of alkyl carbamates (subject to hydrolysis) is 1. The van der Waals surface area contributed by atoms with Crippen molar-refractivity contribution in [2.45, 2.75) is 96.5 Å². The number of ether oxygens (including phenoxy) is 1. The molecule has 2 N–H and O–H groups in total. The average Bonchev–Trinajstić information content (AvgIpc) is 3.19. The first-order valence-electron chi connectivity index (χ1n) is 12.5. The van der Waals surface area contributed by atoms with Crippen molar-refractivity contribution in [3.63, 3.8) is 0 Å². The number of nitrogens with one attached hydrogen (secondary N) is 2. The van der Waals surface area contributed by atoms with Crippen molar-refractivity contribution < 1.29 is 36.3 Å². The van der Waals surface area contributed by atoms with Crippen LogP contribution in [0.1, 0.15) is 90.1 Å². The number of amides is 2. The quantitative estimate of drug-likeness (QED) is 0.422. The zero-order valence-electron chi connectivity index (χ0n) is 22.0. The molecule has 0 aromatic carbocycles. The fourth-order valence-corrected chi connectivity index (χ4v) is 4.34. The van der Waals surface area contributed by atoms with Gasteiger partial charge in [-0.05, 0) is 58.1 Å². The summed E-state index contributed by atoms with van der Waals surface area (Å²) in [4.78, 5) is 29.2. The molecule has 0 aliphatic heterocycles. The minimum atomic E-state index is -4.47. The van der Waals surface area contributed by atoms with Crippen LogP contribution in [-0.2, 0) is 9.53 Å². The summed E-state index contributed by atoms with van der Waals surface area (Å²) in [5.74, 6) is -5.58. The highest BCUT2D eigenvalue weighted by atomic mass is 19.4. The van der Waals surface area contributed by atoms with E-state index in [1.165, 1.54) is 10.7 Å². The van der Waals surface area contributed by atoms with Crippen LogP contribution in [0.2, 0.25) is 0 Å². The molecule has 2 aromatic rings. The Morgan fingerprint density at radius 2 is 1.79 bits per heavy atom. The van der Waals surface area contributed by atoms with Gasteiger partial charge in [0.25, 0.3) is 0 Å². The van der Waals surface area contributed by atoms with Crippen LogP contribution >= 0.6 is 0 Å². The number of halogens is 5. The van der Waals surface area contributed by atoms with Gasteiger partial charge in [0, 0.05) is 19.3 Å². The van der Waals surface area contributed by atoms with Crippen molar-refractivity contribution in [1.29, 1.82) is 0 Å². The predicted molar refractivity (Wildman–Crippen MR) is 128 cm³/mol. The van der Waals surface area contributed by atoms with Crippen LogP contribution in [0.25, 0.3) is 5.65 Å². The number of hydrogen-bond donors (Lipinski definition) is 2. The average molecular weight is 548 g/mol. The van der Waals surface area contributed by atoms with E-state index in [9.17, 15) is 31.5 Å². The normalized spacial score (nSPS) is 19.0. The number of hydrogen-bond acceptors (Lipinski definition) is 5. The van der Waals surface area contributed by atoms with Gasteiger partial charge in [-0.25, -0.2) is 23.1 Å². The molecule has 2 unspecified atom stereocenters. The number of aromatic nitrogens is 3. The fraction of sp³-hybridized carbons (Fsp3) is 0.680. The summed E-state index contributed by atoms with van der Waals surface area (Å²) in [6, 6.07) is 0.276. The fourth-order valence-electron chi connectivity index (χ4n) is 4.34. The lowest BCUT2D eigenvalue weighted by Gasteiger charge is -2.33. The van der Waals surface area contributed by atoms with Crippen molar-refractivity contribution in [2.24, 2.45) is 11.8 Å². The smallest absolute Gasteiger partial charge is 0.408 e. The number of rotatable bonds is 7. The Kier molecular flexibility index (Phi) is 8.57.